The van der Waals surface area contributed by atoms with E-state index in [0.717, 1.165) is 33.3 Å². The van der Waals surface area contributed by atoms with Crippen LogP contribution in [0.2, 0.25) is 5.02 Å². The van der Waals surface area contributed by atoms with E-state index in [2.05, 4.69) is 21.2 Å². The third-order valence-electron chi connectivity index (χ3n) is 5.05. The maximum absolute atomic E-state index is 13.4. The van der Waals surface area contributed by atoms with Crippen molar-refractivity contribution in [3.8, 4) is 0 Å². The van der Waals surface area contributed by atoms with Gasteiger partial charge in [0.2, 0.25) is 15.9 Å². The second-order valence-electron chi connectivity index (χ2n) is 7.36. The fraction of sp³-hybridized carbons (Fsp3) is 0.208. The van der Waals surface area contributed by atoms with Crippen molar-refractivity contribution in [1.29, 1.82) is 0 Å². The van der Waals surface area contributed by atoms with Crippen molar-refractivity contribution >= 4 is 49.1 Å². The molecule has 5 nitrogen and oxygen atoms in total. The van der Waals surface area contributed by atoms with E-state index in [-0.39, 0.29) is 18.0 Å². The van der Waals surface area contributed by atoms with E-state index in [1.165, 1.54) is 28.6 Å². The zero-order valence-corrected chi connectivity index (χ0v) is 21.0. The number of carbonyl (C=O) groups is 1. The maximum Gasteiger partial charge on any atom is 0.243 e. The number of sulfonamides is 1. The van der Waals surface area contributed by atoms with Gasteiger partial charge in [0.15, 0.2) is 0 Å². The van der Waals surface area contributed by atoms with Gasteiger partial charge in [-0.25, -0.2) is 8.42 Å². The van der Waals surface area contributed by atoms with E-state index in [4.69, 9.17) is 11.6 Å². The first-order valence-corrected chi connectivity index (χ1v) is 12.7. The van der Waals surface area contributed by atoms with E-state index in [1.807, 2.05) is 56.3 Å². The molecule has 0 aromatic heterocycles. The molecular formula is C24H24BrClN2O3S. The number of nitrogens with one attached hydrogen (secondary N) is 1. The quantitative estimate of drug-likeness (QED) is 0.396. The number of nitrogens with zero attached hydrogens (tertiary/aromatic N) is 1. The van der Waals surface area contributed by atoms with Crippen LogP contribution >= 0.6 is 27.5 Å². The van der Waals surface area contributed by atoms with Crippen LogP contribution < -0.4 is 5.32 Å². The zero-order valence-electron chi connectivity index (χ0n) is 17.8. The van der Waals surface area contributed by atoms with Crippen molar-refractivity contribution < 1.29 is 13.2 Å². The van der Waals surface area contributed by atoms with Gasteiger partial charge in [0.05, 0.1) is 11.4 Å². The molecule has 0 fully saturated rings. The third-order valence-corrected chi connectivity index (χ3v) is 7.63. The van der Waals surface area contributed by atoms with E-state index in [1.54, 1.807) is 0 Å². The topological polar surface area (TPSA) is 66.5 Å². The number of benzene rings is 3. The molecule has 0 aliphatic carbocycles. The Kier molecular flexibility index (Phi) is 8.11. The third kappa shape index (κ3) is 5.98. The molecular weight excluding hydrogens is 512 g/mol. The molecule has 0 bridgehead atoms. The highest BCUT2D eigenvalue weighted by Crippen LogP contribution is 2.24. The second-order valence-corrected chi connectivity index (χ2v) is 10.7. The summed E-state index contributed by atoms with van der Waals surface area (Å²) in [5, 5.41) is 3.35. The first kappa shape index (κ1) is 24.5. The second kappa shape index (κ2) is 10.6. The maximum atomic E-state index is 13.4. The monoisotopic (exact) mass is 534 g/mol. The number of carbonyl (C=O) groups excluding carboxylic acids is 1. The lowest BCUT2D eigenvalue weighted by atomic mass is 10.1. The van der Waals surface area contributed by atoms with Gasteiger partial charge in [0.1, 0.15) is 0 Å². The largest absolute Gasteiger partial charge is 0.324 e. The lowest BCUT2D eigenvalue weighted by molar-refractivity contribution is -0.116. The number of rotatable bonds is 8. The van der Waals surface area contributed by atoms with Gasteiger partial charge in [-0.2, -0.15) is 4.31 Å². The Morgan fingerprint density at radius 2 is 1.69 bits per heavy atom. The molecule has 3 aromatic carbocycles. The van der Waals surface area contributed by atoms with E-state index in [0.29, 0.717) is 5.02 Å². The van der Waals surface area contributed by atoms with Gasteiger partial charge in [0, 0.05) is 21.7 Å². The Balaban J connectivity index is 1.91. The number of halogens is 2. The fourth-order valence-electron chi connectivity index (χ4n) is 3.32. The summed E-state index contributed by atoms with van der Waals surface area (Å²) in [5.74, 6) is -0.399. The summed E-state index contributed by atoms with van der Waals surface area (Å²) in [6, 6.07) is 19.1. The first-order valence-electron chi connectivity index (χ1n) is 10.1. The van der Waals surface area contributed by atoms with Crippen molar-refractivity contribution in [2.24, 2.45) is 0 Å². The number of amides is 1. The van der Waals surface area contributed by atoms with Crippen LogP contribution in [0.3, 0.4) is 0 Å². The van der Waals surface area contributed by atoms with Crippen LogP contribution in [0.4, 0.5) is 5.69 Å². The van der Waals surface area contributed by atoms with E-state index in [9.17, 15) is 13.2 Å². The van der Waals surface area contributed by atoms with Crippen LogP contribution in [0, 0.1) is 6.92 Å². The highest BCUT2D eigenvalue weighted by atomic mass is 79.9. The Morgan fingerprint density at radius 3 is 2.31 bits per heavy atom. The fourth-order valence-corrected chi connectivity index (χ4v) is 5.09. The number of hydrogen-bond donors (Lipinski definition) is 1. The van der Waals surface area contributed by atoms with Gasteiger partial charge >= 0.3 is 0 Å². The Hall–Kier alpha value is -2.19. The summed E-state index contributed by atoms with van der Waals surface area (Å²) in [6.45, 7) is 3.66. The van der Waals surface area contributed by atoms with E-state index >= 15 is 0 Å². The molecule has 8 heteroatoms. The first-order chi connectivity index (χ1) is 15.2. The summed E-state index contributed by atoms with van der Waals surface area (Å²) in [4.78, 5) is 13.1. The predicted molar refractivity (Wildman–Crippen MR) is 132 cm³/mol. The Morgan fingerprint density at radius 1 is 1.03 bits per heavy atom. The highest BCUT2D eigenvalue weighted by molar-refractivity contribution is 9.10. The molecule has 1 amide bonds. The summed E-state index contributed by atoms with van der Waals surface area (Å²) in [7, 11) is -3.94. The minimum atomic E-state index is -3.94. The van der Waals surface area contributed by atoms with Crippen molar-refractivity contribution in [2.75, 3.05) is 11.9 Å². The molecule has 0 saturated heterocycles. The molecule has 3 rings (SSSR count). The van der Waals surface area contributed by atoms with Gasteiger partial charge < -0.3 is 5.32 Å². The molecule has 0 aliphatic heterocycles. The van der Waals surface area contributed by atoms with Crippen LogP contribution in [0.1, 0.15) is 23.6 Å². The van der Waals surface area contributed by atoms with E-state index < -0.39 is 15.9 Å². The molecule has 168 valence electrons. The SMILES string of the molecule is CCc1cccc(C)c1NC(=O)CN(Cc1ccc(Br)cc1)S(=O)(=O)c1ccc(Cl)cc1. The molecule has 0 unspecified atom stereocenters. The lowest BCUT2D eigenvalue weighted by Gasteiger charge is -2.23. The van der Waals surface area contributed by atoms with Gasteiger partial charge in [-0.1, -0.05) is 64.8 Å². The Bertz CT molecular complexity index is 1200. The molecule has 0 radical (unpaired) electrons. The van der Waals surface area contributed by atoms with Crippen molar-refractivity contribution in [2.45, 2.75) is 31.7 Å². The lowest BCUT2D eigenvalue weighted by Crippen LogP contribution is -2.37. The minimum Gasteiger partial charge on any atom is -0.324 e. The van der Waals surface area contributed by atoms with Gasteiger partial charge in [-0.05, 0) is 66.4 Å². The molecule has 1 N–H and O–H groups in total. The normalized spacial score (nSPS) is 11.5. The molecule has 3 aromatic rings. The zero-order chi connectivity index (χ0) is 23.3. The smallest absolute Gasteiger partial charge is 0.243 e. The van der Waals surface area contributed by atoms with Crippen LogP contribution in [0.25, 0.3) is 0 Å². The standard InChI is InChI=1S/C24H24BrClN2O3S/c1-3-19-6-4-5-17(2)24(19)27-23(29)16-28(15-18-7-9-20(25)10-8-18)32(30,31)22-13-11-21(26)12-14-22/h4-14H,3,15-16H2,1-2H3,(H,27,29). The molecule has 0 aliphatic rings. The van der Waals surface area contributed by atoms with Crippen molar-refractivity contribution in [3.63, 3.8) is 0 Å². The van der Waals surface area contributed by atoms with Crippen molar-refractivity contribution in [1.82, 2.24) is 4.31 Å². The van der Waals surface area contributed by atoms with Gasteiger partial charge in [-0.15, -0.1) is 0 Å². The molecule has 0 atom stereocenters. The van der Waals surface area contributed by atoms with Crippen LogP contribution in [-0.4, -0.2) is 25.2 Å². The number of hydrogen-bond acceptors (Lipinski definition) is 3. The minimum absolute atomic E-state index is 0.0556. The summed E-state index contributed by atoms with van der Waals surface area (Å²) < 4.78 is 28.8. The summed E-state index contributed by atoms with van der Waals surface area (Å²) in [6.07, 6.45) is 0.753. The van der Waals surface area contributed by atoms with Crippen LogP contribution in [0.15, 0.2) is 76.1 Å². The van der Waals surface area contributed by atoms with Crippen LogP contribution in [0.5, 0.6) is 0 Å². The number of anilines is 1. The number of aryl methyl sites for hydroxylation is 2. The predicted octanol–water partition coefficient (Wildman–Crippen LogP) is 5.80. The molecule has 0 heterocycles. The average Bonchev–Trinajstić information content (AvgIpc) is 2.76. The van der Waals surface area contributed by atoms with Crippen molar-refractivity contribution in [3.05, 3.63) is 92.9 Å². The number of para-hydroxylation sites is 1. The highest BCUT2D eigenvalue weighted by Gasteiger charge is 2.27. The molecule has 0 saturated carbocycles. The summed E-state index contributed by atoms with van der Waals surface area (Å²) >= 11 is 9.31. The van der Waals surface area contributed by atoms with Gasteiger partial charge in [-0.3, -0.25) is 4.79 Å². The summed E-state index contributed by atoms with van der Waals surface area (Å²) in [5.41, 5.74) is 3.42. The van der Waals surface area contributed by atoms with Crippen LogP contribution in [-0.2, 0) is 27.8 Å². The Labute approximate surface area is 202 Å². The molecule has 0 spiro atoms. The average molecular weight is 536 g/mol. The van der Waals surface area contributed by atoms with Gasteiger partial charge in [0.25, 0.3) is 0 Å². The molecule has 32 heavy (non-hydrogen) atoms.